The Morgan fingerprint density at radius 2 is 1.89 bits per heavy atom. The second kappa shape index (κ2) is 4.61. The lowest BCUT2D eigenvalue weighted by Gasteiger charge is -2.12. The number of hydrogen-bond acceptors (Lipinski definition) is 3. The summed E-state index contributed by atoms with van der Waals surface area (Å²) < 4.78 is 5.87. The third-order valence-corrected chi connectivity index (χ3v) is 3.16. The highest BCUT2D eigenvalue weighted by Crippen LogP contribution is 2.28. The summed E-state index contributed by atoms with van der Waals surface area (Å²) in [6.45, 7) is 0.804. The molecule has 1 aliphatic heterocycles. The molecule has 3 rings (SSSR count). The number of nitrogen functional groups attached to an aromatic ring is 1. The van der Waals surface area contributed by atoms with Crippen LogP contribution in [0.25, 0.3) is 0 Å². The average molecular weight is 240 g/mol. The van der Waals surface area contributed by atoms with Crippen molar-refractivity contribution < 1.29 is 4.74 Å². The fourth-order valence-corrected chi connectivity index (χ4v) is 2.20. The molecule has 0 saturated carbocycles. The SMILES string of the molecule is Nc1ccc(NCC2Cc3ccccc3O2)cc1. The standard InChI is InChI=1S/C15H16N2O/c16-12-5-7-13(8-6-12)17-10-14-9-11-3-1-2-4-15(11)18-14/h1-8,14,17H,9-10,16H2. The summed E-state index contributed by atoms with van der Waals surface area (Å²) >= 11 is 0. The minimum Gasteiger partial charge on any atom is -0.488 e. The van der Waals surface area contributed by atoms with Crippen LogP contribution in [-0.4, -0.2) is 12.6 Å². The van der Waals surface area contributed by atoms with Gasteiger partial charge in [0.1, 0.15) is 11.9 Å². The van der Waals surface area contributed by atoms with Gasteiger partial charge in [-0.1, -0.05) is 18.2 Å². The molecule has 0 amide bonds. The summed E-state index contributed by atoms with van der Waals surface area (Å²) in [5.74, 6) is 1.02. The first-order valence-corrected chi connectivity index (χ1v) is 6.15. The van der Waals surface area contributed by atoms with Crippen molar-refractivity contribution in [1.82, 2.24) is 0 Å². The van der Waals surface area contributed by atoms with E-state index in [4.69, 9.17) is 10.5 Å². The fourth-order valence-electron chi connectivity index (χ4n) is 2.20. The third kappa shape index (κ3) is 2.25. The van der Waals surface area contributed by atoms with Crippen molar-refractivity contribution in [2.75, 3.05) is 17.6 Å². The summed E-state index contributed by atoms with van der Waals surface area (Å²) in [5, 5.41) is 3.37. The maximum atomic E-state index is 5.87. The molecule has 0 aromatic heterocycles. The highest BCUT2D eigenvalue weighted by molar-refractivity contribution is 5.51. The van der Waals surface area contributed by atoms with Crippen molar-refractivity contribution in [2.24, 2.45) is 0 Å². The average Bonchev–Trinajstić information content (AvgIpc) is 2.81. The monoisotopic (exact) mass is 240 g/mol. The quantitative estimate of drug-likeness (QED) is 0.811. The molecule has 1 unspecified atom stereocenters. The fraction of sp³-hybridized carbons (Fsp3) is 0.200. The largest absolute Gasteiger partial charge is 0.488 e. The van der Waals surface area contributed by atoms with Crippen LogP contribution in [0.4, 0.5) is 11.4 Å². The second-order valence-electron chi connectivity index (χ2n) is 4.55. The van der Waals surface area contributed by atoms with Gasteiger partial charge in [-0.05, 0) is 35.9 Å². The maximum absolute atomic E-state index is 5.87. The zero-order chi connectivity index (χ0) is 12.4. The molecular formula is C15H16N2O. The van der Waals surface area contributed by atoms with Crippen LogP contribution in [0.5, 0.6) is 5.75 Å². The number of nitrogens with two attached hydrogens (primary N) is 1. The van der Waals surface area contributed by atoms with Gasteiger partial charge in [-0.25, -0.2) is 0 Å². The number of para-hydroxylation sites is 1. The van der Waals surface area contributed by atoms with Crippen LogP contribution in [0.1, 0.15) is 5.56 Å². The number of ether oxygens (including phenoxy) is 1. The van der Waals surface area contributed by atoms with E-state index in [-0.39, 0.29) is 6.10 Å². The maximum Gasteiger partial charge on any atom is 0.123 e. The van der Waals surface area contributed by atoms with Gasteiger partial charge in [-0.15, -0.1) is 0 Å². The lowest BCUT2D eigenvalue weighted by Crippen LogP contribution is -2.23. The minimum absolute atomic E-state index is 0.208. The van der Waals surface area contributed by atoms with Crippen LogP contribution in [-0.2, 0) is 6.42 Å². The second-order valence-corrected chi connectivity index (χ2v) is 4.55. The number of fused-ring (bicyclic) bond motifs is 1. The predicted molar refractivity (Wildman–Crippen MR) is 73.9 cm³/mol. The van der Waals surface area contributed by atoms with Crippen LogP contribution in [0.2, 0.25) is 0 Å². The zero-order valence-corrected chi connectivity index (χ0v) is 10.1. The zero-order valence-electron chi connectivity index (χ0n) is 10.1. The molecule has 1 aliphatic rings. The molecule has 3 heteroatoms. The van der Waals surface area contributed by atoms with E-state index in [0.29, 0.717) is 0 Å². The summed E-state index contributed by atoms with van der Waals surface area (Å²) in [6.07, 6.45) is 1.18. The summed E-state index contributed by atoms with van der Waals surface area (Å²) in [4.78, 5) is 0. The van der Waals surface area contributed by atoms with Gasteiger partial charge in [0.25, 0.3) is 0 Å². The summed E-state index contributed by atoms with van der Waals surface area (Å²) in [7, 11) is 0. The Kier molecular flexibility index (Phi) is 2.81. The molecule has 3 nitrogen and oxygen atoms in total. The highest BCUT2D eigenvalue weighted by atomic mass is 16.5. The van der Waals surface area contributed by atoms with E-state index in [1.54, 1.807) is 0 Å². The molecule has 92 valence electrons. The number of benzene rings is 2. The first-order chi connectivity index (χ1) is 8.81. The molecule has 1 atom stereocenters. The van der Waals surface area contributed by atoms with E-state index in [1.807, 2.05) is 36.4 Å². The van der Waals surface area contributed by atoms with Gasteiger partial charge in [-0.2, -0.15) is 0 Å². The topological polar surface area (TPSA) is 47.3 Å². The van der Waals surface area contributed by atoms with Gasteiger partial charge < -0.3 is 15.8 Å². The van der Waals surface area contributed by atoms with Crippen LogP contribution in [0.3, 0.4) is 0 Å². The summed E-state index contributed by atoms with van der Waals surface area (Å²) in [5.41, 5.74) is 8.80. The van der Waals surface area contributed by atoms with Crippen molar-refractivity contribution in [2.45, 2.75) is 12.5 Å². The molecule has 2 aromatic carbocycles. The van der Waals surface area contributed by atoms with Crippen LogP contribution >= 0.6 is 0 Å². The normalized spacial score (nSPS) is 17.0. The van der Waals surface area contributed by atoms with Gasteiger partial charge >= 0.3 is 0 Å². The van der Waals surface area contributed by atoms with Crippen LogP contribution in [0.15, 0.2) is 48.5 Å². The van der Waals surface area contributed by atoms with E-state index in [2.05, 4.69) is 17.4 Å². The van der Waals surface area contributed by atoms with E-state index in [9.17, 15) is 0 Å². The Hall–Kier alpha value is -2.16. The number of hydrogen-bond donors (Lipinski definition) is 2. The molecule has 0 spiro atoms. The van der Waals surface area contributed by atoms with Gasteiger partial charge in [0, 0.05) is 17.8 Å². The Bertz CT molecular complexity index is 511. The Morgan fingerprint density at radius 3 is 2.67 bits per heavy atom. The lowest BCUT2D eigenvalue weighted by atomic mass is 10.1. The summed E-state index contributed by atoms with van der Waals surface area (Å²) in [6, 6.07) is 16.0. The highest BCUT2D eigenvalue weighted by Gasteiger charge is 2.21. The van der Waals surface area contributed by atoms with Crippen molar-refractivity contribution in [1.29, 1.82) is 0 Å². The van der Waals surface area contributed by atoms with E-state index < -0.39 is 0 Å². The van der Waals surface area contributed by atoms with E-state index in [0.717, 1.165) is 30.1 Å². The molecule has 0 radical (unpaired) electrons. The molecule has 3 N–H and O–H groups in total. The first-order valence-electron chi connectivity index (χ1n) is 6.15. The number of rotatable bonds is 3. The van der Waals surface area contributed by atoms with E-state index in [1.165, 1.54) is 5.56 Å². The van der Waals surface area contributed by atoms with Crippen molar-refractivity contribution in [3.05, 3.63) is 54.1 Å². The molecule has 2 aromatic rings. The van der Waals surface area contributed by atoms with Crippen molar-refractivity contribution in [3.8, 4) is 5.75 Å². The predicted octanol–water partition coefficient (Wildman–Crippen LogP) is 2.68. The molecule has 1 heterocycles. The molecule has 0 fully saturated rings. The number of anilines is 2. The Labute approximate surface area is 107 Å². The molecule has 0 saturated heterocycles. The number of nitrogens with one attached hydrogen (secondary N) is 1. The first kappa shape index (κ1) is 11.0. The van der Waals surface area contributed by atoms with E-state index >= 15 is 0 Å². The van der Waals surface area contributed by atoms with Crippen molar-refractivity contribution >= 4 is 11.4 Å². The van der Waals surface area contributed by atoms with Gasteiger partial charge in [-0.3, -0.25) is 0 Å². The molecular weight excluding hydrogens is 224 g/mol. The molecule has 18 heavy (non-hydrogen) atoms. The molecule has 0 bridgehead atoms. The van der Waals surface area contributed by atoms with Gasteiger partial charge in [0.05, 0.1) is 6.54 Å². The van der Waals surface area contributed by atoms with Crippen LogP contribution in [0, 0.1) is 0 Å². The van der Waals surface area contributed by atoms with Crippen molar-refractivity contribution in [3.63, 3.8) is 0 Å². The Morgan fingerprint density at radius 1 is 1.11 bits per heavy atom. The Balaban J connectivity index is 1.58. The van der Waals surface area contributed by atoms with Gasteiger partial charge in [0.2, 0.25) is 0 Å². The molecule has 0 aliphatic carbocycles. The minimum atomic E-state index is 0.208. The van der Waals surface area contributed by atoms with Crippen LogP contribution < -0.4 is 15.8 Å². The smallest absolute Gasteiger partial charge is 0.123 e. The lowest BCUT2D eigenvalue weighted by molar-refractivity contribution is 0.246. The third-order valence-electron chi connectivity index (χ3n) is 3.16. The van der Waals surface area contributed by atoms with Gasteiger partial charge in [0.15, 0.2) is 0 Å².